The second-order valence-electron chi connectivity index (χ2n) is 21.6. The Morgan fingerprint density at radius 3 is 1.39 bits per heavy atom. The summed E-state index contributed by atoms with van der Waals surface area (Å²) in [4.78, 5) is 80.6. The van der Waals surface area contributed by atoms with E-state index in [9.17, 15) is 43.5 Å². The summed E-state index contributed by atoms with van der Waals surface area (Å²) in [7, 11) is 1.73. The molecule has 0 fully saturated rings. The maximum absolute atomic E-state index is 10.3. The Balaban J connectivity index is -0.000000263. The highest BCUT2D eigenvalue weighted by molar-refractivity contribution is 5.95. The summed E-state index contributed by atoms with van der Waals surface area (Å²) >= 11 is 0. The topological polar surface area (TPSA) is 166 Å². The molecule has 1 aromatic rings. The number of rotatable bonds is 25. The van der Waals surface area contributed by atoms with Gasteiger partial charge in [0, 0.05) is 12.5 Å². The van der Waals surface area contributed by atoms with Gasteiger partial charge in [0.25, 0.3) is 0 Å². The summed E-state index contributed by atoms with van der Waals surface area (Å²) in [5, 5.41) is 9.37. The van der Waals surface area contributed by atoms with Gasteiger partial charge in [-0.3, -0.25) is 38.4 Å². The fraction of sp³-hybridized carbons (Fsp3) is 0.522. The van der Waals surface area contributed by atoms with Crippen molar-refractivity contribution < 1.29 is 48.2 Å². The molecule has 0 saturated heterocycles. The van der Waals surface area contributed by atoms with Crippen LogP contribution < -0.4 is 0 Å². The molecule has 0 unspecified atom stereocenters. The van der Waals surface area contributed by atoms with Crippen LogP contribution in [-0.2, 0) is 43.1 Å². The smallest absolute Gasteiger partial charge is 0.155 e. The number of Topliss-reactive ketones (excluding diaryl/α,β-unsaturated/α-hetero) is 1. The number of allylic oxidation sites excluding steroid dienone is 18. The Morgan fingerprint density at radius 1 is 0.623 bits per heavy atom. The average molecular weight is 1070 g/mol. The van der Waals surface area contributed by atoms with Crippen LogP contribution in [-0.4, -0.2) is 73.2 Å². The third kappa shape index (κ3) is 54.7. The molecule has 432 valence electrons. The monoisotopic (exact) mass is 1070 g/mol. The predicted molar refractivity (Wildman–Crippen MR) is 325 cm³/mol. The minimum Gasteiger partial charge on any atom is -0.390 e. The number of hydrogen-bond acceptors (Lipinski definition) is 10. The number of hydrogen-bond donors (Lipinski definition) is 1. The average Bonchev–Trinajstić information content (AvgIpc) is 3.59. The third-order valence-corrected chi connectivity index (χ3v) is 12.2. The van der Waals surface area contributed by atoms with Crippen LogP contribution >= 0.6 is 0 Å². The third-order valence-electron chi connectivity index (χ3n) is 12.2. The molecule has 1 aromatic carbocycles. The van der Waals surface area contributed by atoms with E-state index >= 15 is 0 Å². The Hall–Kier alpha value is -5.84. The van der Waals surface area contributed by atoms with Crippen molar-refractivity contribution in [3.63, 3.8) is 0 Å². The van der Waals surface area contributed by atoms with E-state index in [2.05, 4.69) is 74.5 Å². The van der Waals surface area contributed by atoms with Gasteiger partial charge >= 0.3 is 0 Å². The minimum absolute atomic E-state index is 0.0402. The van der Waals surface area contributed by atoms with E-state index in [1.54, 1.807) is 64.3 Å². The van der Waals surface area contributed by atoms with Crippen molar-refractivity contribution >= 4 is 55.4 Å². The minimum atomic E-state index is -0.582. The Labute approximate surface area is 468 Å². The van der Waals surface area contributed by atoms with Crippen LogP contribution in [0, 0.1) is 11.3 Å². The summed E-state index contributed by atoms with van der Waals surface area (Å²) in [5.74, 6) is 0.719. The van der Waals surface area contributed by atoms with Gasteiger partial charge in [-0.2, -0.15) is 0 Å². The maximum atomic E-state index is 10.3. The van der Waals surface area contributed by atoms with Gasteiger partial charge in [-0.15, -0.1) is 0 Å². The number of aliphatic hydroxyl groups is 1. The number of aldehydes is 7. The molecule has 2 rings (SSSR count). The van der Waals surface area contributed by atoms with Crippen molar-refractivity contribution in [2.24, 2.45) is 11.3 Å². The van der Waals surface area contributed by atoms with E-state index in [0.29, 0.717) is 11.9 Å². The van der Waals surface area contributed by atoms with Crippen LogP contribution in [0.5, 0.6) is 0 Å². The van der Waals surface area contributed by atoms with E-state index in [1.807, 2.05) is 65.0 Å². The van der Waals surface area contributed by atoms with Crippen LogP contribution in [0.2, 0.25) is 0 Å². The highest BCUT2D eigenvalue weighted by Gasteiger charge is 2.28. The summed E-state index contributed by atoms with van der Waals surface area (Å²) in [6, 6.07) is 9.83. The van der Waals surface area contributed by atoms with Crippen molar-refractivity contribution in [3.8, 4) is 0 Å². The molecule has 1 N–H and O–H groups in total. The Bertz CT molecular complexity index is 2120. The molecule has 0 amide bonds. The van der Waals surface area contributed by atoms with Crippen LogP contribution in [0.4, 0.5) is 0 Å². The molecule has 10 nitrogen and oxygen atoms in total. The molecule has 1 aliphatic carbocycles. The van der Waals surface area contributed by atoms with Gasteiger partial charge in [0.1, 0.15) is 44.0 Å². The largest absolute Gasteiger partial charge is 0.390 e. The number of methoxy groups -OCH3 is 1. The van der Waals surface area contributed by atoms with E-state index in [1.165, 1.54) is 48.1 Å². The SMILES string of the molecule is CC(=CC=O)CCCC(C)(C)O.CC(=CC=O)CCCC(C)C.CC(=CC=O)c1ccccc1.CC(=O)C(C)=CC=O.CC(C)=CCCC(C)=CC=O.CC1=CCC(=CC=O)C1(C)C.COC(C)(C)CCCC(C)=CC=O. The lowest BCUT2D eigenvalue weighted by Crippen LogP contribution is -2.21. The fourth-order valence-corrected chi connectivity index (χ4v) is 6.37. The predicted octanol–water partition coefficient (Wildman–Crippen LogP) is 16.1. The normalized spacial score (nSPS) is 13.9. The molecule has 77 heavy (non-hydrogen) atoms. The van der Waals surface area contributed by atoms with Gasteiger partial charge < -0.3 is 9.84 Å². The quantitative estimate of drug-likeness (QED) is 0.0566. The zero-order chi connectivity index (χ0) is 60.5. The number of benzene rings is 1. The molecule has 0 atom stereocenters. The van der Waals surface area contributed by atoms with Crippen molar-refractivity contribution in [1.29, 1.82) is 0 Å². The van der Waals surface area contributed by atoms with Crippen molar-refractivity contribution in [3.05, 3.63) is 135 Å². The highest BCUT2D eigenvalue weighted by atomic mass is 16.5. The van der Waals surface area contributed by atoms with Crippen LogP contribution in [0.15, 0.2) is 130 Å². The number of ether oxygens (including phenoxy) is 1. The summed E-state index contributed by atoms with van der Waals surface area (Å²) < 4.78 is 5.29. The van der Waals surface area contributed by atoms with Crippen molar-refractivity contribution in [1.82, 2.24) is 0 Å². The van der Waals surface area contributed by atoms with E-state index in [0.717, 1.165) is 136 Å². The molecule has 0 aliphatic heterocycles. The number of ketones is 1. The first-order valence-corrected chi connectivity index (χ1v) is 26.9. The Morgan fingerprint density at radius 2 is 1.05 bits per heavy atom. The molecule has 0 bridgehead atoms. The molecule has 0 aromatic heterocycles. The molecule has 0 spiro atoms. The van der Waals surface area contributed by atoms with Gasteiger partial charge in [0.05, 0.1) is 11.2 Å². The van der Waals surface area contributed by atoms with Gasteiger partial charge in [0.2, 0.25) is 0 Å². The van der Waals surface area contributed by atoms with Gasteiger partial charge in [-0.1, -0.05) is 116 Å². The van der Waals surface area contributed by atoms with E-state index < -0.39 is 5.60 Å². The fourth-order valence-electron chi connectivity index (χ4n) is 6.37. The van der Waals surface area contributed by atoms with E-state index in [4.69, 9.17) is 4.74 Å². The second-order valence-corrected chi connectivity index (χ2v) is 21.6. The van der Waals surface area contributed by atoms with E-state index in [-0.39, 0.29) is 16.8 Å². The molecular formula is C67H104O10. The number of carbonyl (C=O) groups is 8. The molecular weight excluding hydrogens is 965 g/mol. The highest BCUT2D eigenvalue weighted by Crippen LogP contribution is 2.42. The lowest BCUT2D eigenvalue weighted by atomic mass is 9.82. The molecule has 0 radical (unpaired) electrons. The van der Waals surface area contributed by atoms with Crippen molar-refractivity contribution in [2.45, 2.75) is 213 Å². The second kappa shape index (κ2) is 49.7. The van der Waals surface area contributed by atoms with Crippen LogP contribution in [0.1, 0.15) is 207 Å². The Kier molecular flexibility index (Phi) is 51.7. The first-order valence-electron chi connectivity index (χ1n) is 26.9. The maximum Gasteiger partial charge on any atom is 0.155 e. The lowest BCUT2D eigenvalue weighted by Gasteiger charge is -2.22. The zero-order valence-electron chi connectivity index (χ0n) is 51.3. The van der Waals surface area contributed by atoms with Gasteiger partial charge in [-0.25, -0.2) is 0 Å². The summed E-state index contributed by atoms with van der Waals surface area (Å²) in [6.07, 6.45) is 33.2. The first kappa shape index (κ1) is 80.0. The summed E-state index contributed by atoms with van der Waals surface area (Å²) in [5.41, 5.74) is 10.6. The zero-order valence-corrected chi connectivity index (χ0v) is 51.3. The van der Waals surface area contributed by atoms with Crippen LogP contribution in [0.3, 0.4) is 0 Å². The first-order chi connectivity index (χ1) is 35.9. The molecule has 10 heteroatoms. The van der Waals surface area contributed by atoms with Gasteiger partial charge in [-0.05, 0) is 233 Å². The molecule has 0 heterocycles. The van der Waals surface area contributed by atoms with Crippen molar-refractivity contribution in [2.75, 3.05) is 7.11 Å². The standard InChI is InChI=1S/C11H20O2.C10H18O2.C10H14O.C10H10O.C10H18O.C10H16O.C6H8O2/c1-10(7-9-12)6-5-8-11(2,3)13-4;1-9(6-8-11)5-4-7-10(2,3)12;1-8-4-5-9(6-7-11)10(8,2)3;1-9(7-8-11)10-5-3-2-4-6-10;2*1-9(2)5-4-6-10(3)7-8-11;1-5(3-4-7)6(2)8/h7,9H,5-6,8H2,1-4H3;6,8,12H,4-5,7H2,1-3H3;4,6-7H,5H2,1-3H3;2-8H,1H3;7-9H,4-6H2,1-3H3;5,7-8H,4,6H2,1-3H3;3-4H,1-2H3. The van der Waals surface area contributed by atoms with Gasteiger partial charge in [0.15, 0.2) is 5.78 Å². The number of carbonyl (C=O) groups excluding carboxylic acids is 8. The summed E-state index contributed by atoms with van der Waals surface area (Å²) in [6.45, 7) is 35.6. The lowest BCUT2D eigenvalue weighted by molar-refractivity contribution is -0.114. The van der Waals surface area contributed by atoms with Crippen LogP contribution in [0.25, 0.3) is 5.57 Å². The molecule has 0 saturated carbocycles. The molecule has 1 aliphatic rings.